The Kier molecular flexibility index (Phi) is 6.54. The molecule has 0 aliphatic carbocycles. The van der Waals surface area contributed by atoms with E-state index in [0.717, 1.165) is 27.6 Å². The average molecular weight is 524 g/mol. The van der Waals surface area contributed by atoms with Gasteiger partial charge in [-0.3, -0.25) is 14.5 Å². The first kappa shape index (κ1) is 24.7. The molecule has 1 aliphatic heterocycles. The van der Waals surface area contributed by atoms with Crippen LogP contribution in [-0.4, -0.2) is 67.1 Å². The second-order valence-corrected chi connectivity index (χ2v) is 9.99. The third kappa shape index (κ3) is 4.86. The molecule has 0 spiro atoms. The van der Waals surface area contributed by atoms with Crippen molar-refractivity contribution in [1.82, 2.24) is 35.0 Å². The summed E-state index contributed by atoms with van der Waals surface area (Å²) in [6.45, 7) is 6.59. The van der Waals surface area contributed by atoms with Crippen molar-refractivity contribution >= 4 is 16.8 Å². The first-order valence-corrected chi connectivity index (χ1v) is 13.0. The number of carbonyl (C=O) groups is 1. The van der Waals surface area contributed by atoms with Crippen molar-refractivity contribution in [3.8, 4) is 0 Å². The minimum atomic E-state index is -0.501. The molecule has 6 rings (SSSR count). The molecule has 1 atom stereocenters. The van der Waals surface area contributed by atoms with Crippen LogP contribution >= 0.6 is 0 Å². The largest absolute Gasteiger partial charge is 0.459 e. The molecule has 1 N–H and O–H groups in total. The highest BCUT2D eigenvalue weighted by Gasteiger charge is 2.34. The number of amides is 1. The number of tetrazole rings is 1. The molecule has 3 aromatic heterocycles. The molecule has 1 fully saturated rings. The number of benzene rings is 2. The standard InChI is InChI=1S/C29H29N7O3/c1-19-15-20(2)22-17-23(28(37)30-24(22)16-19)26(27-31-32-33-36(27)18-21-7-4-3-5-8-21)34-10-12-35(13-11-34)29(38)25-9-6-14-39-25/h3-9,14-17,26H,10-13,18H2,1-2H3,(H,30,37)/t26-/m1/s1. The van der Waals surface area contributed by atoms with Crippen LogP contribution in [0.2, 0.25) is 0 Å². The average Bonchev–Trinajstić information content (AvgIpc) is 3.63. The summed E-state index contributed by atoms with van der Waals surface area (Å²) in [5.41, 5.74) is 4.42. The van der Waals surface area contributed by atoms with Crippen LogP contribution in [0.15, 0.2) is 76.1 Å². The third-order valence-corrected chi connectivity index (χ3v) is 7.31. The van der Waals surface area contributed by atoms with Crippen LogP contribution in [0.4, 0.5) is 0 Å². The van der Waals surface area contributed by atoms with Crippen LogP contribution in [0.25, 0.3) is 10.9 Å². The number of nitrogens with one attached hydrogen (secondary N) is 1. The molecular formula is C29H29N7O3. The summed E-state index contributed by atoms with van der Waals surface area (Å²) in [6, 6.07) is 18.9. The van der Waals surface area contributed by atoms with Crippen LogP contribution in [0.1, 0.15) is 44.7 Å². The minimum absolute atomic E-state index is 0.139. The fraction of sp³-hybridized carbons (Fsp3) is 0.276. The van der Waals surface area contributed by atoms with Crippen molar-refractivity contribution in [3.05, 3.63) is 111 Å². The molecule has 0 bridgehead atoms. The fourth-order valence-corrected chi connectivity index (χ4v) is 5.41. The lowest BCUT2D eigenvalue weighted by molar-refractivity contribution is 0.0558. The molecule has 2 aromatic carbocycles. The molecule has 1 amide bonds. The molecule has 1 aliphatic rings. The Hall–Kier alpha value is -4.57. The van der Waals surface area contributed by atoms with E-state index in [-0.39, 0.29) is 11.5 Å². The molecule has 10 nitrogen and oxygen atoms in total. The zero-order valence-corrected chi connectivity index (χ0v) is 21.9. The Morgan fingerprint density at radius 3 is 2.56 bits per heavy atom. The Morgan fingerprint density at radius 2 is 1.82 bits per heavy atom. The summed E-state index contributed by atoms with van der Waals surface area (Å²) in [6.07, 6.45) is 1.50. The van der Waals surface area contributed by atoms with E-state index >= 15 is 0 Å². The van der Waals surface area contributed by atoms with Gasteiger partial charge in [0.1, 0.15) is 6.04 Å². The number of pyridine rings is 1. The van der Waals surface area contributed by atoms with Crippen molar-refractivity contribution in [3.63, 3.8) is 0 Å². The zero-order valence-electron chi connectivity index (χ0n) is 21.9. The van der Waals surface area contributed by atoms with Gasteiger partial charge in [-0.1, -0.05) is 36.4 Å². The quantitative estimate of drug-likeness (QED) is 0.363. The summed E-state index contributed by atoms with van der Waals surface area (Å²) in [5.74, 6) is 0.766. The van der Waals surface area contributed by atoms with E-state index in [1.54, 1.807) is 21.7 Å². The maximum Gasteiger partial charge on any atom is 0.289 e. The lowest BCUT2D eigenvalue weighted by Gasteiger charge is -2.38. The molecule has 5 aromatic rings. The van der Waals surface area contributed by atoms with Gasteiger partial charge in [0.2, 0.25) is 0 Å². The first-order chi connectivity index (χ1) is 19.0. The second kappa shape index (κ2) is 10.3. The van der Waals surface area contributed by atoms with Crippen LogP contribution < -0.4 is 5.56 Å². The SMILES string of the molecule is Cc1cc(C)c2cc([C@H](c3nnnn3Cc3ccccc3)N3CCN(C(=O)c4ccco4)CC3)c(=O)[nH]c2c1. The molecule has 1 saturated heterocycles. The predicted molar refractivity (Wildman–Crippen MR) is 145 cm³/mol. The van der Waals surface area contributed by atoms with Gasteiger partial charge >= 0.3 is 0 Å². The second-order valence-electron chi connectivity index (χ2n) is 9.99. The Morgan fingerprint density at radius 1 is 1.03 bits per heavy atom. The van der Waals surface area contributed by atoms with Gasteiger partial charge in [-0.15, -0.1) is 5.10 Å². The van der Waals surface area contributed by atoms with Crippen molar-refractivity contribution in [2.75, 3.05) is 26.2 Å². The van der Waals surface area contributed by atoms with Crippen LogP contribution in [0.3, 0.4) is 0 Å². The van der Waals surface area contributed by atoms with Gasteiger partial charge in [0.15, 0.2) is 11.6 Å². The zero-order chi connectivity index (χ0) is 26.9. The van der Waals surface area contributed by atoms with Gasteiger partial charge in [-0.05, 0) is 65.2 Å². The van der Waals surface area contributed by atoms with E-state index in [2.05, 4.69) is 31.5 Å². The van der Waals surface area contributed by atoms with Crippen LogP contribution in [0, 0.1) is 13.8 Å². The van der Waals surface area contributed by atoms with Crippen molar-refractivity contribution < 1.29 is 9.21 Å². The van der Waals surface area contributed by atoms with Crippen LogP contribution in [-0.2, 0) is 6.54 Å². The van der Waals surface area contributed by atoms with Crippen molar-refractivity contribution in [2.45, 2.75) is 26.4 Å². The Balaban J connectivity index is 1.39. The molecular weight excluding hydrogens is 494 g/mol. The van der Waals surface area contributed by atoms with E-state index in [1.807, 2.05) is 56.3 Å². The normalized spacial score (nSPS) is 15.1. The molecule has 0 radical (unpaired) electrons. The number of aromatic nitrogens is 5. The van der Waals surface area contributed by atoms with E-state index in [4.69, 9.17) is 4.42 Å². The van der Waals surface area contributed by atoms with Crippen LogP contribution in [0.5, 0.6) is 0 Å². The maximum atomic E-state index is 13.6. The van der Waals surface area contributed by atoms with Gasteiger partial charge in [-0.25, -0.2) is 4.68 Å². The summed E-state index contributed by atoms with van der Waals surface area (Å²) in [7, 11) is 0. The van der Waals surface area contributed by atoms with Gasteiger partial charge in [0, 0.05) is 42.6 Å². The highest BCUT2D eigenvalue weighted by molar-refractivity contribution is 5.91. The highest BCUT2D eigenvalue weighted by Crippen LogP contribution is 2.29. The maximum absolute atomic E-state index is 13.6. The topological polar surface area (TPSA) is 113 Å². The highest BCUT2D eigenvalue weighted by atomic mass is 16.3. The van der Waals surface area contributed by atoms with E-state index < -0.39 is 6.04 Å². The van der Waals surface area contributed by atoms with Gasteiger partial charge < -0.3 is 14.3 Å². The number of fused-ring (bicyclic) bond motifs is 1. The Bertz CT molecular complexity index is 1670. The fourth-order valence-electron chi connectivity index (χ4n) is 5.41. The van der Waals surface area contributed by atoms with E-state index in [0.29, 0.717) is 49.9 Å². The summed E-state index contributed by atoms with van der Waals surface area (Å²) in [5, 5.41) is 13.7. The number of aryl methyl sites for hydroxylation is 2. The van der Waals surface area contributed by atoms with E-state index in [9.17, 15) is 9.59 Å². The number of rotatable bonds is 6. The summed E-state index contributed by atoms with van der Waals surface area (Å²) >= 11 is 0. The van der Waals surface area contributed by atoms with Crippen molar-refractivity contribution in [2.24, 2.45) is 0 Å². The Labute approximate surface area is 224 Å². The number of H-pyrrole nitrogens is 1. The number of hydrogen-bond acceptors (Lipinski definition) is 7. The predicted octanol–water partition coefficient (Wildman–Crippen LogP) is 3.32. The number of aromatic amines is 1. The summed E-state index contributed by atoms with van der Waals surface area (Å²) in [4.78, 5) is 33.5. The molecule has 0 saturated carbocycles. The number of piperazine rings is 1. The molecule has 198 valence electrons. The van der Waals surface area contributed by atoms with Gasteiger partial charge in [0.05, 0.1) is 12.8 Å². The molecule has 10 heteroatoms. The van der Waals surface area contributed by atoms with E-state index in [1.165, 1.54) is 6.26 Å². The number of nitrogens with zero attached hydrogens (tertiary/aromatic N) is 6. The lowest BCUT2D eigenvalue weighted by Crippen LogP contribution is -2.50. The molecule has 4 heterocycles. The summed E-state index contributed by atoms with van der Waals surface area (Å²) < 4.78 is 7.08. The number of carbonyl (C=O) groups excluding carboxylic acids is 1. The molecule has 39 heavy (non-hydrogen) atoms. The number of furan rings is 1. The number of hydrogen-bond donors (Lipinski definition) is 1. The monoisotopic (exact) mass is 523 g/mol. The first-order valence-electron chi connectivity index (χ1n) is 13.0. The minimum Gasteiger partial charge on any atom is -0.459 e. The lowest BCUT2D eigenvalue weighted by atomic mass is 9.99. The van der Waals surface area contributed by atoms with Crippen molar-refractivity contribution in [1.29, 1.82) is 0 Å². The van der Waals surface area contributed by atoms with Gasteiger partial charge in [0.25, 0.3) is 11.5 Å². The molecule has 0 unspecified atom stereocenters. The van der Waals surface area contributed by atoms with Gasteiger partial charge in [-0.2, -0.15) is 0 Å². The smallest absolute Gasteiger partial charge is 0.289 e. The third-order valence-electron chi connectivity index (χ3n) is 7.31.